The second-order valence-electron chi connectivity index (χ2n) is 7.62. The minimum Gasteiger partial charge on any atom is -0.457 e. The maximum atomic E-state index is 14.0. The van der Waals surface area contributed by atoms with Crippen LogP contribution in [-0.4, -0.2) is 29.3 Å². The monoisotopic (exact) mass is 521 g/mol. The van der Waals surface area contributed by atoms with Crippen LogP contribution in [0.3, 0.4) is 0 Å². The van der Waals surface area contributed by atoms with E-state index in [4.69, 9.17) is 4.74 Å². The first-order valence-electron chi connectivity index (χ1n) is 10.1. The van der Waals surface area contributed by atoms with Gasteiger partial charge in [0, 0.05) is 23.9 Å². The lowest BCUT2D eigenvalue weighted by Gasteiger charge is -2.29. The van der Waals surface area contributed by atoms with Crippen LogP contribution in [0.15, 0.2) is 78.9 Å². The van der Waals surface area contributed by atoms with Crippen LogP contribution in [0.25, 0.3) is 0 Å². The van der Waals surface area contributed by atoms with Gasteiger partial charge in [-0.05, 0) is 47.5 Å². The van der Waals surface area contributed by atoms with Gasteiger partial charge in [0.25, 0.3) is 0 Å². The summed E-state index contributed by atoms with van der Waals surface area (Å²) < 4.78 is 99.4. The normalized spacial score (nSPS) is 13.4. The highest BCUT2D eigenvalue weighted by Crippen LogP contribution is 2.45. The van der Waals surface area contributed by atoms with Gasteiger partial charge in [0.1, 0.15) is 11.5 Å². The van der Waals surface area contributed by atoms with Gasteiger partial charge in [-0.2, -0.15) is 30.7 Å². The molecule has 0 aliphatic rings. The minimum absolute atomic E-state index is 0.00755. The van der Waals surface area contributed by atoms with E-state index in [-0.39, 0.29) is 17.0 Å². The Kier molecular flexibility index (Phi) is 7.86. The van der Waals surface area contributed by atoms with Crippen LogP contribution in [0.1, 0.15) is 11.1 Å². The van der Waals surface area contributed by atoms with Gasteiger partial charge in [0.05, 0.1) is 6.54 Å². The van der Waals surface area contributed by atoms with Crippen molar-refractivity contribution in [3.8, 4) is 11.5 Å². The molecule has 3 aromatic rings. The number of aliphatic hydroxyl groups excluding tert-OH is 1. The fourth-order valence-electron chi connectivity index (χ4n) is 3.19. The van der Waals surface area contributed by atoms with Gasteiger partial charge in [0.15, 0.2) is 6.10 Å². The molecule has 0 fully saturated rings. The second kappa shape index (κ2) is 10.3. The van der Waals surface area contributed by atoms with Crippen molar-refractivity contribution in [2.24, 2.45) is 0 Å². The number of alkyl halides is 8. The summed E-state index contributed by atoms with van der Waals surface area (Å²) in [5.74, 6) is -3.99. The number of hydrogen-bond acceptors (Lipinski definition) is 3. The van der Waals surface area contributed by atoms with Crippen molar-refractivity contribution in [3.05, 3.63) is 90.0 Å². The SMILES string of the molecule is O[C@H](CN(Cc1cccc(C(F)(F)C(F)(F)Cl)c1)c1cccc(Oc2ccccc2)c1)C(F)(F)F. The molecule has 0 unspecified atom stereocenters. The van der Waals surface area contributed by atoms with Crippen LogP contribution in [0.2, 0.25) is 0 Å². The number of benzene rings is 3. The molecule has 0 spiro atoms. The Labute approximate surface area is 201 Å². The molecular formula is C24H19ClF7NO2. The molecule has 0 saturated carbocycles. The van der Waals surface area contributed by atoms with E-state index < -0.39 is 42.2 Å². The molecule has 1 atom stereocenters. The largest absolute Gasteiger partial charge is 0.457 e. The highest BCUT2D eigenvalue weighted by Gasteiger charge is 2.56. The molecule has 188 valence electrons. The van der Waals surface area contributed by atoms with E-state index in [1.807, 2.05) is 0 Å². The lowest BCUT2D eigenvalue weighted by atomic mass is 10.0. The lowest BCUT2D eigenvalue weighted by molar-refractivity contribution is -0.200. The summed E-state index contributed by atoms with van der Waals surface area (Å²) in [6.45, 7) is -1.37. The zero-order valence-electron chi connectivity index (χ0n) is 17.8. The Morgan fingerprint density at radius 2 is 1.43 bits per heavy atom. The quantitative estimate of drug-likeness (QED) is 0.236. The molecule has 35 heavy (non-hydrogen) atoms. The van der Waals surface area contributed by atoms with Gasteiger partial charge in [-0.3, -0.25) is 0 Å². The van der Waals surface area contributed by atoms with Gasteiger partial charge >= 0.3 is 17.5 Å². The molecule has 1 N–H and O–H groups in total. The Morgan fingerprint density at radius 1 is 0.800 bits per heavy atom. The maximum Gasteiger partial charge on any atom is 0.416 e. The number of nitrogens with zero attached hydrogens (tertiary/aromatic N) is 1. The smallest absolute Gasteiger partial charge is 0.416 e. The zero-order valence-corrected chi connectivity index (χ0v) is 18.6. The Balaban J connectivity index is 1.93. The van der Waals surface area contributed by atoms with Gasteiger partial charge < -0.3 is 14.7 Å². The molecule has 0 radical (unpaired) electrons. The molecule has 0 aliphatic heterocycles. The summed E-state index contributed by atoms with van der Waals surface area (Å²) in [5.41, 5.74) is -0.944. The number of ether oxygens (including phenoxy) is 1. The standard InChI is InChI=1S/C24H19ClF7NO2/c25-24(31,32)22(26,27)17-7-4-6-16(12-17)14-33(15-21(34)23(28,29)30)18-8-5-11-20(13-18)35-19-9-2-1-3-10-19/h1-13,21,34H,14-15H2/t21-/m1/s1. The van der Waals surface area contributed by atoms with Crippen LogP contribution in [0.5, 0.6) is 11.5 Å². The van der Waals surface area contributed by atoms with Crippen molar-refractivity contribution in [1.29, 1.82) is 0 Å². The summed E-state index contributed by atoms with van der Waals surface area (Å²) in [6.07, 6.45) is -7.72. The highest BCUT2D eigenvalue weighted by atomic mass is 35.5. The van der Waals surface area contributed by atoms with Crippen molar-refractivity contribution in [1.82, 2.24) is 0 Å². The zero-order chi connectivity index (χ0) is 25.9. The molecule has 0 aliphatic carbocycles. The number of halogens is 8. The third-order valence-electron chi connectivity index (χ3n) is 4.95. The van der Waals surface area contributed by atoms with Crippen molar-refractivity contribution in [2.45, 2.75) is 30.1 Å². The van der Waals surface area contributed by atoms with Crippen molar-refractivity contribution < 1.29 is 40.6 Å². The molecule has 0 heterocycles. The number of hydrogen-bond donors (Lipinski definition) is 1. The van der Waals surface area contributed by atoms with E-state index >= 15 is 0 Å². The molecule has 0 aromatic heterocycles. The van der Waals surface area contributed by atoms with E-state index in [1.165, 1.54) is 24.3 Å². The van der Waals surface area contributed by atoms with E-state index in [9.17, 15) is 35.8 Å². The van der Waals surface area contributed by atoms with Crippen LogP contribution in [-0.2, 0) is 12.5 Å². The number of para-hydroxylation sites is 1. The number of anilines is 1. The topological polar surface area (TPSA) is 32.7 Å². The van der Waals surface area contributed by atoms with Crippen LogP contribution >= 0.6 is 11.6 Å². The van der Waals surface area contributed by atoms with Gasteiger partial charge in [0.2, 0.25) is 0 Å². The van der Waals surface area contributed by atoms with Crippen LogP contribution < -0.4 is 9.64 Å². The number of aliphatic hydroxyl groups is 1. The lowest BCUT2D eigenvalue weighted by Crippen LogP contribution is -2.41. The first kappa shape index (κ1) is 26.6. The van der Waals surface area contributed by atoms with E-state index in [0.717, 1.165) is 23.1 Å². The molecule has 11 heteroatoms. The molecule has 0 bridgehead atoms. The molecule has 3 rings (SSSR count). The summed E-state index contributed by atoms with van der Waals surface area (Å²) in [4.78, 5) is 1.08. The van der Waals surface area contributed by atoms with Crippen molar-refractivity contribution in [2.75, 3.05) is 11.4 Å². The maximum absolute atomic E-state index is 14.0. The Morgan fingerprint density at radius 3 is 2.06 bits per heavy atom. The molecule has 0 amide bonds. The summed E-state index contributed by atoms with van der Waals surface area (Å²) in [6, 6.07) is 18.2. The Hall–Kier alpha value is -2.98. The average molecular weight is 522 g/mol. The summed E-state index contributed by atoms with van der Waals surface area (Å²) in [7, 11) is 0. The highest BCUT2D eigenvalue weighted by molar-refractivity contribution is 6.22. The molecular weight excluding hydrogens is 503 g/mol. The first-order chi connectivity index (χ1) is 16.3. The molecule has 3 nitrogen and oxygen atoms in total. The fraction of sp³-hybridized carbons (Fsp3) is 0.250. The van der Waals surface area contributed by atoms with Gasteiger partial charge in [-0.25, -0.2) is 0 Å². The van der Waals surface area contributed by atoms with Crippen molar-refractivity contribution >= 4 is 17.3 Å². The third kappa shape index (κ3) is 6.79. The molecule has 3 aromatic carbocycles. The molecule has 0 saturated heterocycles. The van der Waals surface area contributed by atoms with E-state index in [1.54, 1.807) is 36.4 Å². The van der Waals surface area contributed by atoms with Gasteiger partial charge in [-0.1, -0.05) is 42.5 Å². The van der Waals surface area contributed by atoms with Crippen LogP contribution in [0, 0.1) is 0 Å². The van der Waals surface area contributed by atoms with Crippen molar-refractivity contribution in [3.63, 3.8) is 0 Å². The first-order valence-corrected chi connectivity index (χ1v) is 10.5. The van der Waals surface area contributed by atoms with Gasteiger partial charge in [-0.15, -0.1) is 0 Å². The van der Waals surface area contributed by atoms with E-state index in [2.05, 4.69) is 11.6 Å². The fourth-order valence-corrected chi connectivity index (χ4v) is 3.30. The van der Waals surface area contributed by atoms with E-state index in [0.29, 0.717) is 5.75 Å². The number of rotatable bonds is 9. The predicted octanol–water partition coefficient (Wildman–Crippen LogP) is 7.33. The summed E-state index contributed by atoms with van der Waals surface area (Å²) >= 11 is 4.55. The van der Waals surface area contributed by atoms with Crippen LogP contribution in [0.4, 0.5) is 36.4 Å². The summed E-state index contributed by atoms with van der Waals surface area (Å²) in [5, 5.41) is 4.78. The minimum atomic E-state index is -4.95. The average Bonchev–Trinajstić information content (AvgIpc) is 2.78. The predicted molar refractivity (Wildman–Crippen MR) is 117 cm³/mol. The third-order valence-corrected chi connectivity index (χ3v) is 5.19. The Bertz CT molecular complexity index is 1120. The second-order valence-corrected chi connectivity index (χ2v) is 8.10.